The molecular formula is C15H30N2. The van der Waals surface area contributed by atoms with Crippen molar-refractivity contribution in [1.82, 2.24) is 10.2 Å². The van der Waals surface area contributed by atoms with E-state index in [2.05, 4.69) is 31.0 Å². The van der Waals surface area contributed by atoms with Gasteiger partial charge in [0.05, 0.1) is 0 Å². The molecule has 0 spiro atoms. The molecule has 4 unspecified atom stereocenters. The zero-order valence-electron chi connectivity index (χ0n) is 11.9. The summed E-state index contributed by atoms with van der Waals surface area (Å²) < 4.78 is 0. The van der Waals surface area contributed by atoms with E-state index in [0.717, 1.165) is 23.8 Å². The van der Waals surface area contributed by atoms with E-state index < -0.39 is 0 Å². The summed E-state index contributed by atoms with van der Waals surface area (Å²) in [5, 5.41) is 3.55. The fourth-order valence-corrected chi connectivity index (χ4v) is 3.93. The normalized spacial score (nSPS) is 41.1. The Morgan fingerprint density at radius 2 is 2.06 bits per heavy atom. The number of hydrogen-bond donors (Lipinski definition) is 1. The van der Waals surface area contributed by atoms with Gasteiger partial charge in [0, 0.05) is 12.6 Å². The largest absolute Gasteiger partial charge is 0.316 e. The highest BCUT2D eigenvalue weighted by atomic mass is 15.2. The van der Waals surface area contributed by atoms with Crippen molar-refractivity contribution in [3.05, 3.63) is 0 Å². The van der Waals surface area contributed by atoms with Crippen LogP contribution >= 0.6 is 0 Å². The molecule has 2 heteroatoms. The standard InChI is InChI=1S/C15H30N2/c1-4-14-6-7-15(13(14)3)17-9-5-8-16-10-12(2)11-17/h12-16H,4-11H2,1-3H3. The van der Waals surface area contributed by atoms with Gasteiger partial charge in [0.15, 0.2) is 0 Å². The molecule has 4 atom stereocenters. The van der Waals surface area contributed by atoms with Crippen molar-refractivity contribution < 1.29 is 0 Å². The first-order valence-corrected chi connectivity index (χ1v) is 7.67. The minimum Gasteiger partial charge on any atom is -0.316 e. The molecule has 0 amide bonds. The molecule has 2 fully saturated rings. The maximum absolute atomic E-state index is 3.55. The summed E-state index contributed by atoms with van der Waals surface area (Å²) >= 11 is 0. The van der Waals surface area contributed by atoms with E-state index in [4.69, 9.17) is 0 Å². The van der Waals surface area contributed by atoms with E-state index in [-0.39, 0.29) is 0 Å². The summed E-state index contributed by atoms with van der Waals surface area (Å²) in [5.74, 6) is 2.71. The van der Waals surface area contributed by atoms with E-state index in [9.17, 15) is 0 Å². The Hall–Kier alpha value is -0.0800. The number of nitrogens with zero attached hydrogens (tertiary/aromatic N) is 1. The fraction of sp³-hybridized carbons (Fsp3) is 1.00. The molecule has 0 bridgehead atoms. The Balaban J connectivity index is 1.95. The van der Waals surface area contributed by atoms with Gasteiger partial charge < -0.3 is 5.32 Å². The van der Waals surface area contributed by atoms with Crippen LogP contribution in [0.2, 0.25) is 0 Å². The van der Waals surface area contributed by atoms with Crippen LogP contribution in [0.1, 0.15) is 46.5 Å². The summed E-state index contributed by atoms with van der Waals surface area (Å²) in [6, 6.07) is 0.875. The lowest BCUT2D eigenvalue weighted by Gasteiger charge is -2.36. The lowest BCUT2D eigenvalue weighted by molar-refractivity contribution is 0.124. The topological polar surface area (TPSA) is 15.3 Å². The summed E-state index contributed by atoms with van der Waals surface area (Å²) in [5.41, 5.74) is 0. The van der Waals surface area contributed by atoms with Gasteiger partial charge in [-0.25, -0.2) is 0 Å². The van der Waals surface area contributed by atoms with Gasteiger partial charge in [0.1, 0.15) is 0 Å². The lowest BCUT2D eigenvalue weighted by atomic mass is 9.92. The van der Waals surface area contributed by atoms with E-state index >= 15 is 0 Å². The molecule has 1 saturated heterocycles. The molecule has 0 aromatic carbocycles. The van der Waals surface area contributed by atoms with Crippen LogP contribution in [0.15, 0.2) is 0 Å². The third-order valence-electron chi connectivity index (χ3n) is 5.01. The number of nitrogens with one attached hydrogen (secondary N) is 1. The Morgan fingerprint density at radius 3 is 2.76 bits per heavy atom. The van der Waals surface area contributed by atoms with Gasteiger partial charge in [-0.3, -0.25) is 4.90 Å². The van der Waals surface area contributed by atoms with Gasteiger partial charge in [0.2, 0.25) is 0 Å². The van der Waals surface area contributed by atoms with Gasteiger partial charge in [-0.2, -0.15) is 0 Å². The second kappa shape index (κ2) is 6.19. The van der Waals surface area contributed by atoms with Crippen molar-refractivity contribution in [2.75, 3.05) is 26.2 Å². The third-order valence-corrected chi connectivity index (χ3v) is 5.01. The quantitative estimate of drug-likeness (QED) is 0.796. The molecule has 1 saturated carbocycles. The van der Waals surface area contributed by atoms with Crippen LogP contribution in [-0.4, -0.2) is 37.1 Å². The van der Waals surface area contributed by atoms with Gasteiger partial charge in [-0.15, -0.1) is 0 Å². The molecule has 1 heterocycles. The Morgan fingerprint density at radius 1 is 1.24 bits per heavy atom. The van der Waals surface area contributed by atoms with Gasteiger partial charge in [-0.1, -0.05) is 27.2 Å². The predicted octanol–water partition coefficient (Wildman–Crippen LogP) is 2.74. The Kier molecular flexibility index (Phi) is 4.87. The van der Waals surface area contributed by atoms with Crippen LogP contribution in [0.4, 0.5) is 0 Å². The first kappa shape index (κ1) is 13.4. The molecule has 0 radical (unpaired) electrons. The van der Waals surface area contributed by atoms with Crippen molar-refractivity contribution >= 4 is 0 Å². The molecular weight excluding hydrogens is 208 g/mol. The van der Waals surface area contributed by atoms with Crippen LogP contribution in [0.3, 0.4) is 0 Å². The maximum atomic E-state index is 3.55. The number of rotatable bonds is 2. The van der Waals surface area contributed by atoms with Crippen molar-refractivity contribution in [2.45, 2.75) is 52.5 Å². The van der Waals surface area contributed by atoms with Crippen LogP contribution in [0.5, 0.6) is 0 Å². The van der Waals surface area contributed by atoms with E-state index in [1.807, 2.05) is 0 Å². The smallest absolute Gasteiger partial charge is 0.0124 e. The average Bonchev–Trinajstić information content (AvgIpc) is 2.65. The highest BCUT2D eigenvalue weighted by molar-refractivity contribution is 4.89. The molecule has 100 valence electrons. The van der Waals surface area contributed by atoms with E-state index in [1.54, 1.807) is 0 Å². The van der Waals surface area contributed by atoms with Gasteiger partial charge in [0.25, 0.3) is 0 Å². The SMILES string of the molecule is CCC1CCC(N2CCCNCC(C)C2)C1C. The first-order chi connectivity index (χ1) is 8.22. The number of hydrogen-bond acceptors (Lipinski definition) is 2. The first-order valence-electron chi connectivity index (χ1n) is 7.67. The summed E-state index contributed by atoms with van der Waals surface area (Å²) in [4.78, 5) is 2.81. The van der Waals surface area contributed by atoms with Crippen LogP contribution in [-0.2, 0) is 0 Å². The molecule has 2 rings (SSSR count). The van der Waals surface area contributed by atoms with Crippen molar-refractivity contribution in [1.29, 1.82) is 0 Å². The molecule has 1 aliphatic carbocycles. The van der Waals surface area contributed by atoms with Gasteiger partial charge in [-0.05, 0) is 56.7 Å². The fourth-order valence-electron chi connectivity index (χ4n) is 3.93. The molecule has 0 aromatic rings. The van der Waals surface area contributed by atoms with E-state index in [0.29, 0.717) is 0 Å². The zero-order chi connectivity index (χ0) is 12.3. The summed E-state index contributed by atoms with van der Waals surface area (Å²) in [6.45, 7) is 12.3. The van der Waals surface area contributed by atoms with E-state index in [1.165, 1.54) is 51.9 Å². The summed E-state index contributed by atoms with van der Waals surface area (Å²) in [6.07, 6.45) is 5.61. The van der Waals surface area contributed by atoms with Crippen molar-refractivity contribution in [2.24, 2.45) is 17.8 Å². The van der Waals surface area contributed by atoms with Crippen LogP contribution in [0, 0.1) is 17.8 Å². The molecule has 1 N–H and O–H groups in total. The molecule has 2 aliphatic rings. The van der Waals surface area contributed by atoms with Crippen molar-refractivity contribution in [3.8, 4) is 0 Å². The minimum absolute atomic E-state index is 0.808. The zero-order valence-corrected chi connectivity index (χ0v) is 11.9. The van der Waals surface area contributed by atoms with Crippen LogP contribution < -0.4 is 5.32 Å². The van der Waals surface area contributed by atoms with Crippen molar-refractivity contribution in [3.63, 3.8) is 0 Å². The monoisotopic (exact) mass is 238 g/mol. The maximum Gasteiger partial charge on any atom is 0.0124 e. The highest BCUT2D eigenvalue weighted by Crippen LogP contribution is 2.37. The molecule has 2 nitrogen and oxygen atoms in total. The van der Waals surface area contributed by atoms with Crippen LogP contribution in [0.25, 0.3) is 0 Å². The predicted molar refractivity (Wildman–Crippen MR) is 74.2 cm³/mol. The minimum atomic E-state index is 0.808. The Bertz CT molecular complexity index is 229. The second-order valence-corrected chi connectivity index (χ2v) is 6.33. The molecule has 17 heavy (non-hydrogen) atoms. The molecule has 0 aromatic heterocycles. The second-order valence-electron chi connectivity index (χ2n) is 6.33. The van der Waals surface area contributed by atoms with Gasteiger partial charge >= 0.3 is 0 Å². The Labute approximate surface area is 107 Å². The molecule has 1 aliphatic heterocycles. The average molecular weight is 238 g/mol. The highest BCUT2D eigenvalue weighted by Gasteiger charge is 2.35. The summed E-state index contributed by atoms with van der Waals surface area (Å²) in [7, 11) is 0. The third kappa shape index (κ3) is 3.23. The lowest BCUT2D eigenvalue weighted by Crippen LogP contribution is -2.45.